The molecule has 0 radical (unpaired) electrons. The van der Waals surface area contributed by atoms with Crippen molar-refractivity contribution in [3.8, 4) is 0 Å². The SMILES string of the molecule is OC(C1CCCC1)C1CCC1. The van der Waals surface area contributed by atoms with Crippen molar-refractivity contribution in [1.29, 1.82) is 0 Å². The van der Waals surface area contributed by atoms with Crippen LogP contribution in [0.1, 0.15) is 44.9 Å². The molecule has 0 bridgehead atoms. The van der Waals surface area contributed by atoms with Gasteiger partial charge in [-0.25, -0.2) is 0 Å². The summed E-state index contributed by atoms with van der Waals surface area (Å²) in [5.74, 6) is 1.35. The second kappa shape index (κ2) is 3.14. The predicted octanol–water partition coefficient (Wildman–Crippen LogP) is 2.34. The smallest absolute Gasteiger partial charge is 0.0596 e. The van der Waals surface area contributed by atoms with Crippen LogP contribution in [0.2, 0.25) is 0 Å². The fourth-order valence-corrected chi connectivity index (χ4v) is 2.47. The van der Waals surface area contributed by atoms with Crippen molar-refractivity contribution in [3.63, 3.8) is 0 Å². The van der Waals surface area contributed by atoms with Crippen LogP contribution in [-0.4, -0.2) is 11.2 Å². The first-order chi connectivity index (χ1) is 5.38. The summed E-state index contributed by atoms with van der Waals surface area (Å²) < 4.78 is 0. The van der Waals surface area contributed by atoms with Crippen molar-refractivity contribution in [2.75, 3.05) is 0 Å². The Morgan fingerprint density at radius 2 is 1.27 bits per heavy atom. The molecule has 0 aromatic heterocycles. The molecule has 2 rings (SSSR count). The normalized spacial score (nSPS) is 30.3. The third-order valence-corrected chi connectivity index (χ3v) is 3.52. The minimum atomic E-state index is 0.0613. The first kappa shape index (κ1) is 7.60. The molecular weight excluding hydrogens is 136 g/mol. The zero-order chi connectivity index (χ0) is 7.68. The fraction of sp³-hybridized carbons (Fsp3) is 1.00. The van der Waals surface area contributed by atoms with Crippen LogP contribution < -0.4 is 0 Å². The molecule has 0 aliphatic heterocycles. The summed E-state index contributed by atoms with van der Waals surface area (Å²) in [5, 5.41) is 9.87. The van der Waals surface area contributed by atoms with Crippen LogP contribution in [-0.2, 0) is 0 Å². The first-order valence-corrected chi connectivity index (χ1v) is 5.06. The summed E-state index contributed by atoms with van der Waals surface area (Å²) in [5.41, 5.74) is 0. The van der Waals surface area contributed by atoms with Gasteiger partial charge < -0.3 is 5.11 Å². The molecule has 0 saturated heterocycles. The molecule has 1 unspecified atom stereocenters. The number of aliphatic hydroxyl groups is 1. The summed E-state index contributed by atoms with van der Waals surface area (Å²) in [6.45, 7) is 0. The molecule has 2 aliphatic carbocycles. The molecule has 1 atom stereocenters. The van der Waals surface area contributed by atoms with Gasteiger partial charge in [-0.3, -0.25) is 0 Å². The van der Waals surface area contributed by atoms with Gasteiger partial charge in [-0.05, 0) is 37.5 Å². The average Bonchev–Trinajstić information content (AvgIpc) is 2.32. The van der Waals surface area contributed by atoms with Crippen molar-refractivity contribution < 1.29 is 5.11 Å². The Kier molecular flexibility index (Phi) is 2.17. The highest BCUT2D eigenvalue weighted by Gasteiger charge is 2.32. The quantitative estimate of drug-likeness (QED) is 0.647. The van der Waals surface area contributed by atoms with Crippen molar-refractivity contribution in [1.82, 2.24) is 0 Å². The average molecular weight is 154 g/mol. The number of hydrogen-bond donors (Lipinski definition) is 1. The monoisotopic (exact) mass is 154 g/mol. The van der Waals surface area contributed by atoms with Crippen LogP contribution in [0.15, 0.2) is 0 Å². The molecule has 1 nitrogen and oxygen atoms in total. The molecule has 0 aromatic rings. The van der Waals surface area contributed by atoms with Crippen LogP contribution in [0, 0.1) is 11.8 Å². The maximum atomic E-state index is 9.87. The maximum absolute atomic E-state index is 9.87. The van der Waals surface area contributed by atoms with Gasteiger partial charge in [-0.2, -0.15) is 0 Å². The van der Waals surface area contributed by atoms with Gasteiger partial charge in [0.1, 0.15) is 0 Å². The summed E-state index contributed by atoms with van der Waals surface area (Å²) >= 11 is 0. The minimum absolute atomic E-state index is 0.0613. The van der Waals surface area contributed by atoms with Crippen molar-refractivity contribution in [2.45, 2.75) is 51.0 Å². The third-order valence-electron chi connectivity index (χ3n) is 3.52. The Balaban J connectivity index is 1.82. The van der Waals surface area contributed by atoms with E-state index < -0.39 is 0 Å². The number of aliphatic hydroxyl groups excluding tert-OH is 1. The molecule has 2 aliphatic rings. The zero-order valence-electron chi connectivity index (χ0n) is 7.13. The van der Waals surface area contributed by atoms with Gasteiger partial charge in [0.15, 0.2) is 0 Å². The standard InChI is InChI=1S/C10H18O/c11-10(9-6-3-7-9)8-4-1-2-5-8/h8-11H,1-7H2. The number of hydrogen-bond acceptors (Lipinski definition) is 1. The van der Waals surface area contributed by atoms with E-state index in [9.17, 15) is 5.11 Å². The van der Waals surface area contributed by atoms with Gasteiger partial charge in [0.2, 0.25) is 0 Å². The van der Waals surface area contributed by atoms with Crippen molar-refractivity contribution in [2.24, 2.45) is 11.8 Å². The first-order valence-electron chi connectivity index (χ1n) is 5.06. The van der Waals surface area contributed by atoms with E-state index in [1.54, 1.807) is 0 Å². The highest BCUT2D eigenvalue weighted by atomic mass is 16.3. The van der Waals surface area contributed by atoms with E-state index in [0.717, 1.165) is 0 Å². The van der Waals surface area contributed by atoms with E-state index in [-0.39, 0.29) is 6.10 Å². The summed E-state index contributed by atoms with van der Waals surface area (Å²) in [4.78, 5) is 0. The van der Waals surface area contributed by atoms with Crippen LogP contribution in [0.4, 0.5) is 0 Å². The van der Waals surface area contributed by atoms with Crippen molar-refractivity contribution in [3.05, 3.63) is 0 Å². The van der Waals surface area contributed by atoms with E-state index in [0.29, 0.717) is 11.8 Å². The topological polar surface area (TPSA) is 20.2 Å². The molecule has 0 aromatic carbocycles. The summed E-state index contributed by atoms with van der Waals surface area (Å²) in [6, 6.07) is 0. The maximum Gasteiger partial charge on any atom is 0.0596 e. The molecule has 0 heterocycles. The molecule has 0 amide bonds. The fourth-order valence-electron chi connectivity index (χ4n) is 2.47. The van der Waals surface area contributed by atoms with E-state index in [1.807, 2.05) is 0 Å². The molecular formula is C10H18O. The minimum Gasteiger partial charge on any atom is -0.393 e. The van der Waals surface area contributed by atoms with Crippen LogP contribution >= 0.6 is 0 Å². The van der Waals surface area contributed by atoms with Gasteiger partial charge in [-0.1, -0.05) is 19.3 Å². The zero-order valence-corrected chi connectivity index (χ0v) is 7.13. The van der Waals surface area contributed by atoms with E-state index in [1.165, 1.54) is 44.9 Å². The molecule has 11 heavy (non-hydrogen) atoms. The molecule has 64 valence electrons. The van der Waals surface area contributed by atoms with Gasteiger partial charge in [-0.15, -0.1) is 0 Å². The lowest BCUT2D eigenvalue weighted by molar-refractivity contribution is 0.0170. The van der Waals surface area contributed by atoms with E-state index >= 15 is 0 Å². The lowest BCUT2D eigenvalue weighted by Gasteiger charge is -2.33. The third kappa shape index (κ3) is 1.44. The van der Waals surface area contributed by atoms with Crippen LogP contribution in [0.25, 0.3) is 0 Å². The van der Waals surface area contributed by atoms with Crippen molar-refractivity contribution >= 4 is 0 Å². The summed E-state index contributed by atoms with van der Waals surface area (Å²) in [6.07, 6.45) is 9.29. The highest BCUT2D eigenvalue weighted by molar-refractivity contribution is 4.84. The Labute approximate surface area is 68.8 Å². The Bertz CT molecular complexity index is 123. The largest absolute Gasteiger partial charge is 0.393 e. The molecule has 1 heteroatoms. The van der Waals surface area contributed by atoms with E-state index in [4.69, 9.17) is 0 Å². The predicted molar refractivity (Wildman–Crippen MR) is 45.3 cm³/mol. The molecule has 2 saturated carbocycles. The lowest BCUT2D eigenvalue weighted by Crippen LogP contribution is -2.32. The number of rotatable bonds is 2. The Morgan fingerprint density at radius 1 is 0.818 bits per heavy atom. The lowest BCUT2D eigenvalue weighted by atomic mass is 9.76. The molecule has 1 N–H and O–H groups in total. The van der Waals surface area contributed by atoms with Gasteiger partial charge in [0.05, 0.1) is 6.10 Å². The highest BCUT2D eigenvalue weighted by Crippen LogP contribution is 2.38. The second-order valence-electron chi connectivity index (χ2n) is 4.23. The molecule has 2 fully saturated rings. The molecule has 0 spiro atoms. The van der Waals surface area contributed by atoms with Gasteiger partial charge in [0.25, 0.3) is 0 Å². The van der Waals surface area contributed by atoms with Gasteiger partial charge in [0, 0.05) is 0 Å². The van der Waals surface area contributed by atoms with E-state index in [2.05, 4.69) is 0 Å². The second-order valence-corrected chi connectivity index (χ2v) is 4.23. The Hall–Kier alpha value is -0.0400. The summed E-state index contributed by atoms with van der Waals surface area (Å²) in [7, 11) is 0. The van der Waals surface area contributed by atoms with Crippen LogP contribution in [0.5, 0.6) is 0 Å². The Morgan fingerprint density at radius 3 is 1.64 bits per heavy atom. The van der Waals surface area contributed by atoms with Gasteiger partial charge >= 0.3 is 0 Å². The van der Waals surface area contributed by atoms with Crippen LogP contribution in [0.3, 0.4) is 0 Å².